The van der Waals surface area contributed by atoms with Crippen molar-refractivity contribution in [2.75, 3.05) is 13.6 Å². The third kappa shape index (κ3) is 20.9. The largest absolute Gasteiger partial charge is 0.481 e. The lowest BCUT2D eigenvalue weighted by Crippen LogP contribution is -2.26. The lowest BCUT2D eigenvalue weighted by atomic mass is 9.83. The van der Waals surface area contributed by atoms with Crippen LogP contribution < -0.4 is 11.1 Å². The van der Waals surface area contributed by atoms with E-state index in [1.807, 2.05) is 0 Å². The summed E-state index contributed by atoms with van der Waals surface area (Å²) in [4.78, 5) is 19.9. The molecule has 0 unspecified atom stereocenters. The van der Waals surface area contributed by atoms with Gasteiger partial charge in [0.2, 0.25) is 5.91 Å². The number of likely N-dealkylation sites (N-methyl/N-ethyl adjacent to an activating group) is 1. The number of carboxylic acids is 1. The fourth-order valence-electron chi connectivity index (χ4n) is 0.882. The first-order valence-corrected chi connectivity index (χ1v) is 5.42. The molecule has 0 aromatic heterocycles. The molecule has 0 aromatic carbocycles. The van der Waals surface area contributed by atoms with Crippen LogP contribution in [0.1, 0.15) is 25.7 Å². The van der Waals surface area contributed by atoms with Gasteiger partial charge in [0.25, 0.3) is 0 Å². The highest BCUT2D eigenvalue weighted by Gasteiger charge is 2.05. The van der Waals surface area contributed by atoms with Gasteiger partial charge in [0.05, 0.1) is 6.54 Å². The molecular weight excluding hydrogens is 227 g/mol. The van der Waals surface area contributed by atoms with Crippen LogP contribution in [0, 0.1) is 0 Å². The minimum Gasteiger partial charge on any atom is -0.481 e. The van der Waals surface area contributed by atoms with Gasteiger partial charge in [-0.2, -0.15) is 0 Å². The fourth-order valence-corrected chi connectivity index (χ4v) is 0.882. The summed E-state index contributed by atoms with van der Waals surface area (Å²) in [6, 6.07) is 0. The predicted molar refractivity (Wildman–Crippen MR) is 64.2 cm³/mol. The maximum atomic E-state index is 10.00. The van der Waals surface area contributed by atoms with Crippen molar-refractivity contribution in [2.45, 2.75) is 32.0 Å². The topological polar surface area (TPSA) is 133 Å². The number of aliphatic carboxylic acids is 1. The van der Waals surface area contributed by atoms with E-state index in [1.165, 1.54) is 0 Å². The Morgan fingerprint density at radius 1 is 1.24 bits per heavy atom. The van der Waals surface area contributed by atoms with E-state index >= 15 is 0 Å². The summed E-state index contributed by atoms with van der Waals surface area (Å²) >= 11 is 0. The Morgan fingerprint density at radius 3 is 2.12 bits per heavy atom. The molecule has 0 aliphatic carbocycles. The number of unbranched alkanes of at least 4 members (excludes halogenated alkanes) is 2. The number of carbonyl (C=O) groups is 2. The van der Waals surface area contributed by atoms with Crippen LogP contribution in [0.3, 0.4) is 0 Å². The van der Waals surface area contributed by atoms with Crippen LogP contribution in [0.5, 0.6) is 0 Å². The molecule has 0 aromatic rings. The van der Waals surface area contributed by atoms with Crippen molar-refractivity contribution in [2.24, 2.45) is 5.73 Å². The van der Waals surface area contributed by atoms with Crippen molar-refractivity contribution in [3.8, 4) is 0 Å². The molecule has 100 valence electrons. The van der Waals surface area contributed by atoms with E-state index in [2.05, 4.69) is 5.32 Å². The van der Waals surface area contributed by atoms with Crippen molar-refractivity contribution in [3.63, 3.8) is 0 Å². The van der Waals surface area contributed by atoms with Gasteiger partial charge in [0, 0.05) is 13.5 Å². The van der Waals surface area contributed by atoms with E-state index in [9.17, 15) is 9.59 Å². The number of nitrogens with one attached hydrogen (secondary N) is 1. The van der Waals surface area contributed by atoms with E-state index in [0.29, 0.717) is 19.2 Å². The van der Waals surface area contributed by atoms with Crippen molar-refractivity contribution < 1.29 is 24.7 Å². The highest BCUT2D eigenvalue weighted by molar-refractivity contribution is 6.40. The summed E-state index contributed by atoms with van der Waals surface area (Å²) in [6.07, 6.45) is 2.53. The van der Waals surface area contributed by atoms with Crippen LogP contribution in [-0.4, -0.2) is 47.7 Å². The van der Waals surface area contributed by atoms with Crippen LogP contribution >= 0.6 is 0 Å². The van der Waals surface area contributed by atoms with E-state index in [0.717, 1.165) is 6.42 Å². The molecule has 0 spiro atoms. The van der Waals surface area contributed by atoms with Crippen molar-refractivity contribution in [1.29, 1.82) is 0 Å². The summed E-state index contributed by atoms with van der Waals surface area (Å²) in [7, 11) is 0.301. The van der Waals surface area contributed by atoms with Crippen molar-refractivity contribution in [3.05, 3.63) is 0 Å². The Balaban J connectivity index is 0. The molecule has 1 amide bonds. The molecule has 0 atom stereocenters. The molecule has 0 saturated carbocycles. The van der Waals surface area contributed by atoms with E-state index in [1.54, 1.807) is 7.05 Å². The highest BCUT2D eigenvalue weighted by Crippen LogP contribution is 2.03. The molecule has 0 aliphatic rings. The summed E-state index contributed by atoms with van der Waals surface area (Å²) < 4.78 is 0. The van der Waals surface area contributed by atoms with Crippen LogP contribution in [0.2, 0.25) is 6.32 Å². The predicted octanol–water partition coefficient (Wildman–Crippen LogP) is -1.20. The van der Waals surface area contributed by atoms with E-state index in [-0.39, 0.29) is 18.9 Å². The third-order valence-corrected chi connectivity index (χ3v) is 1.82. The SMILES string of the molecule is CNC(=O)CN.O=C(O)CCCCCB(O)O. The van der Waals surface area contributed by atoms with Crippen LogP contribution in [0.15, 0.2) is 0 Å². The molecule has 0 saturated heterocycles. The van der Waals surface area contributed by atoms with Gasteiger partial charge in [-0.15, -0.1) is 0 Å². The second-order valence-electron chi connectivity index (χ2n) is 3.35. The third-order valence-electron chi connectivity index (χ3n) is 1.82. The van der Waals surface area contributed by atoms with Gasteiger partial charge in [0.15, 0.2) is 0 Å². The summed E-state index contributed by atoms with van der Waals surface area (Å²) in [5, 5.41) is 27.4. The molecule has 0 rings (SSSR count). The van der Waals surface area contributed by atoms with Crippen LogP contribution in [-0.2, 0) is 9.59 Å². The number of rotatable bonds is 7. The lowest BCUT2D eigenvalue weighted by molar-refractivity contribution is -0.137. The average Bonchev–Trinajstić information content (AvgIpc) is 2.27. The zero-order valence-electron chi connectivity index (χ0n) is 10.1. The number of amides is 1. The standard InChI is InChI=1S/C6H13BO4.C3H8N2O/c8-6(9)4-2-1-3-5-7(10)11;1-5-3(6)2-4/h10-11H,1-5H2,(H,8,9);2,4H2,1H3,(H,5,6). The molecule has 7 nitrogen and oxygen atoms in total. The van der Waals surface area contributed by atoms with Gasteiger partial charge in [-0.3, -0.25) is 9.59 Å². The normalized spacial score (nSPS) is 8.94. The first-order valence-electron chi connectivity index (χ1n) is 5.42. The second kappa shape index (κ2) is 13.0. The van der Waals surface area contributed by atoms with Gasteiger partial charge in [-0.1, -0.05) is 12.8 Å². The Labute approximate surface area is 101 Å². The molecule has 6 N–H and O–H groups in total. The molecule has 8 heteroatoms. The smallest absolute Gasteiger partial charge is 0.451 e. The van der Waals surface area contributed by atoms with Gasteiger partial charge in [-0.05, 0) is 12.7 Å². The number of carbonyl (C=O) groups excluding carboxylic acids is 1. The average molecular weight is 248 g/mol. The number of nitrogens with two attached hydrogens (primary N) is 1. The lowest BCUT2D eigenvalue weighted by Gasteiger charge is -1.97. The highest BCUT2D eigenvalue weighted by atomic mass is 16.4. The zero-order valence-corrected chi connectivity index (χ0v) is 10.1. The molecule has 0 heterocycles. The molecule has 0 radical (unpaired) electrons. The molecular formula is C9H21BN2O5. The molecule has 0 fully saturated rings. The molecule has 17 heavy (non-hydrogen) atoms. The minimum atomic E-state index is -1.25. The summed E-state index contributed by atoms with van der Waals surface area (Å²) in [6.45, 7) is 0.0799. The monoisotopic (exact) mass is 248 g/mol. The maximum absolute atomic E-state index is 10.00. The molecule has 0 aliphatic heterocycles. The van der Waals surface area contributed by atoms with Crippen LogP contribution in [0.25, 0.3) is 0 Å². The van der Waals surface area contributed by atoms with Crippen molar-refractivity contribution in [1.82, 2.24) is 5.32 Å². The van der Waals surface area contributed by atoms with E-state index < -0.39 is 13.1 Å². The van der Waals surface area contributed by atoms with Gasteiger partial charge >= 0.3 is 13.1 Å². The number of carboxylic acid groups (broad SMARTS) is 1. The first kappa shape index (κ1) is 18.3. The zero-order chi connectivity index (χ0) is 13.7. The Hall–Kier alpha value is -1.12. The fraction of sp³-hybridized carbons (Fsp3) is 0.778. The second-order valence-corrected chi connectivity index (χ2v) is 3.35. The van der Waals surface area contributed by atoms with Crippen LogP contribution in [0.4, 0.5) is 0 Å². The number of hydrogen-bond acceptors (Lipinski definition) is 5. The Morgan fingerprint density at radius 2 is 1.82 bits per heavy atom. The van der Waals surface area contributed by atoms with Gasteiger partial charge in [-0.25, -0.2) is 0 Å². The minimum absolute atomic E-state index is 0.0799. The van der Waals surface area contributed by atoms with E-state index in [4.69, 9.17) is 20.9 Å². The van der Waals surface area contributed by atoms with Crippen molar-refractivity contribution >= 4 is 19.0 Å². The summed E-state index contributed by atoms with van der Waals surface area (Å²) in [5.41, 5.74) is 4.87. The molecule has 0 bridgehead atoms. The summed E-state index contributed by atoms with van der Waals surface area (Å²) in [5.74, 6) is -0.926. The Bertz CT molecular complexity index is 208. The number of hydrogen-bond donors (Lipinski definition) is 5. The van der Waals surface area contributed by atoms with Gasteiger partial charge < -0.3 is 26.2 Å². The maximum Gasteiger partial charge on any atom is 0.451 e. The Kier molecular flexibility index (Phi) is 13.9. The first-order chi connectivity index (χ1) is 7.93. The van der Waals surface area contributed by atoms with Gasteiger partial charge in [0.1, 0.15) is 0 Å². The quantitative estimate of drug-likeness (QED) is 0.284.